The minimum Gasteiger partial charge on any atom is -0.404 e. The molecule has 4 nitrogen and oxygen atoms in total. The molecule has 1 heterocycles. The maximum absolute atomic E-state index is 12.1. The Balaban J connectivity index is 1.91. The third-order valence-corrected chi connectivity index (χ3v) is 3.70. The van der Waals surface area contributed by atoms with Gasteiger partial charge in [-0.05, 0) is 51.9 Å². The number of hydrogen-bond donors (Lipinski definition) is 1. The van der Waals surface area contributed by atoms with Crippen LogP contribution in [0, 0.1) is 0 Å². The first kappa shape index (κ1) is 15.9. The molecule has 7 heteroatoms. The molecule has 118 valence electrons. The third-order valence-electron chi connectivity index (χ3n) is 3.70. The Kier molecular flexibility index (Phi) is 4.92. The van der Waals surface area contributed by atoms with Gasteiger partial charge in [-0.15, -0.1) is 13.2 Å². The molecule has 0 spiro atoms. The van der Waals surface area contributed by atoms with Crippen LogP contribution in [0.4, 0.5) is 19.0 Å². The summed E-state index contributed by atoms with van der Waals surface area (Å²) in [5.41, 5.74) is 0. The summed E-state index contributed by atoms with van der Waals surface area (Å²) in [6.45, 7) is 0. The second-order valence-electron chi connectivity index (χ2n) is 5.55. The standard InChI is InChI=1S/C14H20F3N3O/c1-20(2)11-5-3-4-10(8-11)19-13-7-6-12(9-18-13)21-14(15,16)17/h6-7,9-11H,3-5,8H2,1-2H3,(H,18,19). The van der Waals surface area contributed by atoms with E-state index in [9.17, 15) is 13.2 Å². The maximum Gasteiger partial charge on any atom is 0.573 e. The summed E-state index contributed by atoms with van der Waals surface area (Å²) in [5.74, 6) is 0.275. The number of hydrogen-bond acceptors (Lipinski definition) is 4. The lowest BCUT2D eigenvalue weighted by Gasteiger charge is -2.34. The SMILES string of the molecule is CN(C)C1CCCC(Nc2ccc(OC(F)(F)F)cn2)C1. The van der Waals surface area contributed by atoms with Crippen LogP contribution in [0.2, 0.25) is 0 Å². The van der Waals surface area contributed by atoms with Crippen molar-refractivity contribution in [2.45, 2.75) is 44.1 Å². The number of halogens is 3. The molecule has 1 fully saturated rings. The highest BCUT2D eigenvalue weighted by Crippen LogP contribution is 2.26. The van der Waals surface area contributed by atoms with Gasteiger partial charge in [0.05, 0.1) is 6.20 Å². The summed E-state index contributed by atoms with van der Waals surface area (Å²) in [4.78, 5) is 6.19. The van der Waals surface area contributed by atoms with Gasteiger partial charge in [0.25, 0.3) is 0 Å². The van der Waals surface area contributed by atoms with E-state index >= 15 is 0 Å². The van der Waals surface area contributed by atoms with Gasteiger partial charge in [0.2, 0.25) is 0 Å². The quantitative estimate of drug-likeness (QED) is 0.926. The Morgan fingerprint density at radius 3 is 2.62 bits per heavy atom. The van der Waals surface area contributed by atoms with E-state index < -0.39 is 6.36 Å². The molecule has 0 aliphatic heterocycles. The first-order chi connectivity index (χ1) is 9.83. The van der Waals surface area contributed by atoms with Crippen LogP contribution in [0.1, 0.15) is 25.7 Å². The van der Waals surface area contributed by atoms with Gasteiger partial charge >= 0.3 is 6.36 Å². The molecule has 1 aromatic heterocycles. The Morgan fingerprint density at radius 2 is 2.05 bits per heavy atom. The van der Waals surface area contributed by atoms with Crippen LogP contribution >= 0.6 is 0 Å². The van der Waals surface area contributed by atoms with Gasteiger partial charge in [0.1, 0.15) is 11.6 Å². The lowest BCUT2D eigenvalue weighted by molar-refractivity contribution is -0.274. The van der Waals surface area contributed by atoms with Gasteiger partial charge in [-0.1, -0.05) is 0 Å². The van der Waals surface area contributed by atoms with Gasteiger partial charge in [-0.2, -0.15) is 0 Å². The number of pyridine rings is 1. The van der Waals surface area contributed by atoms with Crippen LogP contribution < -0.4 is 10.1 Å². The summed E-state index contributed by atoms with van der Waals surface area (Å²) < 4.78 is 40.0. The average molecular weight is 303 g/mol. The number of rotatable bonds is 4. The monoisotopic (exact) mass is 303 g/mol. The van der Waals surface area contributed by atoms with Crippen LogP contribution in [0.25, 0.3) is 0 Å². The Hall–Kier alpha value is -1.50. The van der Waals surface area contributed by atoms with Gasteiger partial charge in [-0.25, -0.2) is 4.98 Å². The van der Waals surface area contributed by atoms with Crippen molar-refractivity contribution in [3.8, 4) is 5.75 Å². The maximum atomic E-state index is 12.1. The predicted octanol–water partition coefficient (Wildman–Crippen LogP) is 3.26. The van der Waals surface area contributed by atoms with Gasteiger partial charge in [0.15, 0.2) is 0 Å². The number of nitrogens with one attached hydrogen (secondary N) is 1. The molecule has 1 N–H and O–H groups in total. The molecule has 2 unspecified atom stereocenters. The van der Waals surface area contributed by atoms with E-state index in [1.165, 1.54) is 18.6 Å². The average Bonchev–Trinajstić information content (AvgIpc) is 2.40. The zero-order valence-electron chi connectivity index (χ0n) is 12.2. The molecular formula is C14H20F3N3O. The van der Waals surface area contributed by atoms with Crippen molar-refractivity contribution in [2.75, 3.05) is 19.4 Å². The van der Waals surface area contributed by atoms with Crippen LogP contribution in [0.3, 0.4) is 0 Å². The Bertz CT molecular complexity index is 448. The van der Waals surface area contributed by atoms with E-state index in [2.05, 4.69) is 34.0 Å². The number of ether oxygens (including phenoxy) is 1. The summed E-state index contributed by atoms with van der Waals surface area (Å²) in [6.07, 6.45) is 0.774. The largest absolute Gasteiger partial charge is 0.573 e. The molecule has 2 rings (SSSR count). The summed E-state index contributed by atoms with van der Waals surface area (Å²) in [5, 5.41) is 3.28. The highest BCUT2D eigenvalue weighted by Gasteiger charge is 2.31. The molecule has 0 aromatic carbocycles. The van der Waals surface area contributed by atoms with Crippen LogP contribution in [-0.2, 0) is 0 Å². The zero-order valence-corrected chi connectivity index (χ0v) is 12.2. The normalized spacial score (nSPS) is 23.1. The van der Waals surface area contributed by atoms with Gasteiger partial charge in [-0.3, -0.25) is 0 Å². The van der Waals surface area contributed by atoms with Crippen LogP contribution in [-0.4, -0.2) is 42.4 Å². The number of aromatic nitrogens is 1. The van der Waals surface area contributed by atoms with E-state index in [-0.39, 0.29) is 5.75 Å². The molecule has 21 heavy (non-hydrogen) atoms. The van der Waals surface area contributed by atoms with Crippen molar-refractivity contribution in [3.63, 3.8) is 0 Å². The Labute approximate surface area is 122 Å². The van der Waals surface area contributed by atoms with E-state index in [0.717, 1.165) is 25.5 Å². The predicted molar refractivity (Wildman–Crippen MR) is 74.3 cm³/mol. The molecule has 1 aliphatic rings. The lowest BCUT2D eigenvalue weighted by atomic mass is 9.90. The molecule has 0 amide bonds. The van der Waals surface area contributed by atoms with Crippen molar-refractivity contribution in [1.82, 2.24) is 9.88 Å². The molecule has 0 saturated heterocycles. The van der Waals surface area contributed by atoms with Crippen molar-refractivity contribution in [3.05, 3.63) is 18.3 Å². The minimum atomic E-state index is -4.68. The molecular weight excluding hydrogens is 283 g/mol. The molecule has 0 bridgehead atoms. The van der Waals surface area contributed by atoms with Crippen molar-refractivity contribution in [1.29, 1.82) is 0 Å². The molecule has 0 radical (unpaired) electrons. The van der Waals surface area contributed by atoms with E-state index in [0.29, 0.717) is 17.9 Å². The lowest BCUT2D eigenvalue weighted by Crippen LogP contribution is -2.38. The molecule has 2 atom stereocenters. The third kappa shape index (κ3) is 5.08. The minimum absolute atomic E-state index is 0.299. The topological polar surface area (TPSA) is 37.4 Å². The first-order valence-corrected chi connectivity index (χ1v) is 6.98. The molecule has 1 aromatic rings. The van der Waals surface area contributed by atoms with Gasteiger partial charge < -0.3 is 15.0 Å². The first-order valence-electron chi connectivity index (χ1n) is 6.98. The van der Waals surface area contributed by atoms with Gasteiger partial charge in [0, 0.05) is 12.1 Å². The number of nitrogens with zero attached hydrogens (tertiary/aromatic N) is 2. The van der Waals surface area contributed by atoms with Crippen LogP contribution in [0.5, 0.6) is 5.75 Å². The summed E-state index contributed by atoms with van der Waals surface area (Å²) in [6, 6.07) is 3.62. The second kappa shape index (κ2) is 6.51. The summed E-state index contributed by atoms with van der Waals surface area (Å²) >= 11 is 0. The number of alkyl halides is 3. The van der Waals surface area contributed by atoms with Crippen molar-refractivity contribution >= 4 is 5.82 Å². The second-order valence-corrected chi connectivity index (χ2v) is 5.55. The molecule has 1 aliphatic carbocycles. The zero-order chi connectivity index (χ0) is 15.5. The fourth-order valence-electron chi connectivity index (χ4n) is 2.63. The Morgan fingerprint density at radius 1 is 1.29 bits per heavy atom. The summed E-state index contributed by atoms with van der Waals surface area (Å²) in [7, 11) is 4.13. The highest BCUT2D eigenvalue weighted by atomic mass is 19.4. The fraction of sp³-hybridized carbons (Fsp3) is 0.643. The highest BCUT2D eigenvalue weighted by molar-refractivity contribution is 5.38. The number of anilines is 1. The van der Waals surface area contributed by atoms with Crippen molar-refractivity contribution < 1.29 is 17.9 Å². The smallest absolute Gasteiger partial charge is 0.404 e. The van der Waals surface area contributed by atoms with E-state index in [1.807, 2.05) is 0 Å². The van der Waals surface area contributed by atoms with Crippen LogP contribution in [0.15, 0.2) is 18.3 Å². The van der Waals surface area contributed by atoms with Crippen molar-refractivity contribution in [2.24, 2.45) is 0 Å². The molecule has 1 saturated carbocycles. The van der Waals surface area contributed by atoms with E-state index in [1.54, 1.807) is 0 Å². The van der Waals surface area contributed by atoms with E-state index in [4.69, 9.17) is 0 Å². The fourth-order valence-corrected chi connectivity index (χ4v) is 2.63.